The molecule has 0 spiro atoms. The van der Waals surface area contributed by atoms with Crippen molar-refractivity contribution in [2.24, 2.45) is 0 Å². The molecule has 2 aromatic carbocycles. The molecule has 4 rings (SSSR count). The number of nitrogens with one attached hydrogen (secondary N) is 1. The minimum atomic E-state index is -0.586. The number of carbonyl (C=O) groups is 2. The normalized spacial score (nSPS) is 17.7. The number of carbonyl (C=O) groups excluding carboxylic acids is 2. The zero-order valence-electron chi connectivity index (χ0n) is 19.7. The Hall–Kier alpha value is -3.98. The van der Waals surface area contributed by atoms with Crippen molar-refractivity contribution in [1.29, 1.82) is 0 Å². The Balaban J connectivity index is 1.52. The Morgan fingerprint density at radius 3 is 2.31 bits per heavy atom. The number of amides is 2. The molecule has 1 N–H and O–H groups in total. The fourth-order valence-electron chi connectivity index (χ4n) is 4.23. The minimum Gasteiger partial charge on any atom is -0.372 e. The number of anilines is 1. The first-order chi connectivity index (χ1) is 16.8. The Kier molecular flexibility index (Phi) is 7.26. The van der Waals surface area contributed by atoms with Gasteiger partial charge in [0, 0.05) is 25.4 Å². The van der Waals surface area contributed by atoms with Crippen molar-refractivity contribution in [3.05, 3.63) is 98.8 Å². The molecular weight excluding hydrogens is 448 g/mol. The van der Waals surface area contributed by atoms with Crippen LogP contribution in [0.25, 0.3) is 0 Å². The van der Waals surface area contributed by atoms with Crippen LogP contribution >= 0.6 is 0 Å². The molecule has 1 aliphatic rings. The van der Waals surface area contributed by atoms with Crippen molar-refractivity contribution in [2.75, 3.05) is 18.4 Å². The van der Waals surface area contributed by atoms with Gasteiger partial charge in [-0.2, -0.15) is 0 Å². The Morgan fingerprint density at radius 2 is 1.60 bits per heavy atom. The molecule has 3 aromatic rings. The van der Waals surface area contributed by atoms with Gasteiger partial charge in [0.1, 0.15) is 6.54 Å². The summed E-state index contributed by atoms with van der Waals surface area (Å²) in [5.74, 6) is -0.796. The fraction of sp³-hybridized carbons (Fsp3) is 0.308. The first-order valence-electron chi connectivity index (χ1n) is 11.5. The zero-order chi connectivity index (χ0) is 24.9. The quantitative estimate of drug-likeness (QED) is 0.586. The lowest BCUT2D eigenvalue weighted by atomic mass is 10.1. The second-order valence-corrected chi connectivity index (χ2v) is 8.70. The van der Waals surface area contributed by atoms with Gasteiger partial charge in [-0.25, -0.2) is 4.79 Å². The van der Waals surface area contributed by atoms with Gasteiger partial charge < -0.3 is 15.0 Å². The van der Waals surface area contributed by atoms with E-state index in [1.54, 1.807) is 29.2 Å². The molecule has 0 bridgehead atoms. The average molecular weight is 477 g/mol. The van der Waals surface area contributed by atoms with Crippen LogP contribution in [0.3, 0.4) is 0 Å². The van der Waals surface area contributed by atoms with E-state index in [9.17, 15) is 19.2 Å². The fourth-order valence-corrected chi connectivity index (χ4v) is 4.23. The monoisotopic (exact) mass is 476 g/mol. The van der Waals surface area contributed by atoms with Crippen LogP contribution in [0.15, 0.2) is 76.4 Å². The van der Waals surface area contributed by atoms with Crippen LogP contribution in [0.5, 0.6) is 0 Å². The first kappa shape index (κ1) is 24.2. The van der Waals surface area contributed by atoms with Crippen molar-refractivity contribution >= 4 is 17.5 Å². The van der Waals surface area contributed by atoms with E-state index in [4.69, 9.17) is 4.74 Å². The van der Waals surface area contributed by atoms with Crippen LogP contribution in [0, 0.1) is 0 Å². The summed E-state index contributed by atoms with van der Waals surface area (Å²) < 4.78 is 7.97. The molecule has 182 valence electrons. The number of para-hydroxylation sites is 1. The summed E-state index contributed by atoms with van der Waals surface area (Å²) in [6.07, 6.45) is 1.24. The lowest BCUT2D eigenvalue weighted by molar-refractivity contribution is -0.116. The maximum Gasteiger partial charge on any atom is 0.331 e. The van der Waals surface area contributed by atoms with E-state index in [1.165, 1.54) is 16.8 Å². The number of ether oxygens (including phenoxy) is 1. The number of nitrogens with zero attached hydrogens (tertiary/aromatic N) is 3. The van der Waals surface area contributed by atoms with Crippen LogP contribution in [-0.4, -0.2) is 51.1 Å². The summed E-state index contributed by atoms with van der Waals surface area (Å²) in [6, 6.07) is 17.3. The van der Waals surface area contributed by atoms with E-state index in [0.717, 1.165) is 10.1 Å². The topological polar surface area (TPSA) is 103 Å². The molecule has 0 unspecified atom stereocenters. The minimum absolute atomic E-state index is 0.0903. The van der Waals surface area contributed by atoms with Gasteiger partial charge in [0.2, 0.25) is 5.91 Å². The highest BCUT2D eigenvalue weighted by Crippen LogP contribution is 2.20. The molecule has 1 aromatic heterocycles. The van der Waals surface area contributed by atoms with E-state index < -0.39 is 23.7 Å². The summed E-state index contributed by atoms with van der Waals surface area (Å²) in [5, 5.41) is 2.70. The smallest absolute Gasteiger partial charge is 0.331 e. The summed E-state index contributed by atoms with van der Waals surface area (Å²) in [4.78, 5) is 53.0. The van der Waals surface area contributed by atoms with Gasteiger partial charge >= 0.3 is 5.69 Å². The lowest BCUT2D eigenvalue weighted by Gasteiger charge is -2.35. The van der Waals surface area contributed by atoms with E-state index >= 15 is 0 Å². The lowest BCUT2D eigenvalue weighted by Crippen LogP contribution is -2.48. The summed E-state index contributed by atoms with van der Waals surface area (Å²) >= 11 is 0. The van der Waals surface area contributed by atoms with E-state index in [-0.39, 0.29) is 24.7 Å². The van der Waals surface area contributed by atoms with Gasteiger partial charge in [-0.15, -0.1) is 0 Å². The highest BCUT2D eigenvalue weighted by molar-refractivity contribution is 6.03. The van der Waals surface area contributed by atoms with Gasteiger partial charge in [-0.3, -0.25) is 23.5 Å². The maximum atomic E-state index is 13.2. The SMILES string of the molecule is C[C@@H]1CN(C(=O)c2ccccc2NC(=O)Cn2c(=O)ccn(Cc3ccccc3)c2=O)C[C@H](C)O1. The molecule has 9 heteroatoms. The van der Waals surface area contributed by atoms with E-state index in [2.05, 4.69) is 5.32 Å². The van der Waals surface area contributed by atoms with Crippen molar-refractivity contribution in [2.45, 2.75) is 39.1 Å². The number of rotatable bonds is 6. The zero-order valence-corrected chi connectivity index (χ0v) is 19.7. The predicted molar refractivity (Wildman–Crippen MR) is 131 cm³/mol. The third kappa shape index (κ3) is 5.75. The molecule has 0 radical (unpaired) electrons. The van der Waals surface area contributed by atoms with Crippen LogP contribution in [0.1, 0.15) is 29.8 Å². The molecule has 1 fully saturated rings. The van der Waals surface area contributed by atoms with Gasteiger partial charge in [-0.1, -0.05) is 42.5 Å². The molecule has 0 saturated carbocycles. The highest BCUT2D eigenvalue weighted by Gasteiger charge is 2.28. The molecular formula is C26H28N4O5. The van der Waals surface area contributed by atoms with Crippen LogP contribution in [0.4, 0.5) is 5.69 Å². The molecule has 1 aliphatic heterocycles. The number of aromatic nitrogens is 2. The average Bonchev–Trinajstić information content (AvgIpc) is 2.83. The van der Waals surface area contributed by atoms with Crippen molar-refractivity contribution in [1.82, 2.24) is 14.0 Å². The van der Waals surface area contributed by atoms with Gasteiger partial charge in [0.25, 0.3) is 11.5 Å². The molecule has 35 heavy (non-hydrogen) atoms. The number of morpholine rings is 1. The second-order valence-electron chi connectivity index (χ2n) is 8.70. The van der Waals surface area contributed by atoms with E-state index in [1.807, 2.05) is 44.2 Å². The van der Waals surface area contributed by atoms with Crippen molar-refractivity contribution in [3.63, 3.8) is 0 Å². The molecule has 9 nitrogen and oxygen atoms in total. The standard InChI is InChI=1S/C26H28N4O5/c1-18-14-29(15-19(2)35-18)25(33)21-10-6-7-11-22(21)27-23(31)17-30-24(32)12-13-28(26(30)34)16-20-8-4-3-5-9-20/h3-13,18-19H,14-17H2,1-2H3,(H,27,31)/t18-,19+. The molecule has 1 saturated heterocycles. The van der Waals surface area contributed by atoms with Crippen LogP contribution in [-0.2, 0) is 22.6 Å². The van der Waals surface area contributed by atoms with E-state index in [0.29, 0.717) is 24.3 Å². The third-order valence-electron chi connectivity index (χ3n) is 5.78. The van der Waals surface area contributed by atoms with Crippen molar-refractivity contribution < 1.29 is 14.3 Å². The second kappa shape index (κ2) is 10.5. The van der Waals surface area contributed by atoms with Gasteiger partial charge in [-0.05, 0) is 31.5 Å². The third-order valence-corrected chi connectivity index (χ3v) is 5.78. The van der Waals surface area contributed by atoms with Crippen LogP contribution in [0.2, 0.25) is 0 Å². The number of benzene rings is 2. The molecule has 0 aliphatic carbocycles. The Bertz CT molecular complexity index is 1320. The Labute approximate surface area is 202 Å². The molecule has 2 heterocycles. The van der Waals surface area contributed by atoms with Crippen molar-refractivity contribution in [3.8, 4) is 0 Å². The number of hydrogen-bond acceptors (Lipinski definition) is 5. The first-order valence-corrected chi connectivity index (χ1v) is 11.5. The molecule has 2 amide bonds. The maximum absolute atomic E-state index is 13.2. The Morgan fingerprint density at radius 1 is 0.943 bits per heavy atom. The van der Waals surface area contributed by atoms with Gasteiger partial charge in [0.05, 0.1) is 30.0 Å². The predicted octanol–water partition coefficient (Wildman–Crippen LogP) is 1.95. The summed E-state index contributed by atoms with van der Waals surface area (Å²) in [7, 11) is 0. The summed E-state index contributed by atoms with van der Waals surface area (Å²) in [6.45, 7) is 4.52. The largest absolute Gasteiger partial charge is 0.372 e. The van der Waals surface area contributed by atoms with Crippen LogP contribution < -0.4 is 16.6 Å². The summed E-state index contributed by atoms with van der Waals surface area (Å²) in [5.41, 5.74) is 0.391. The number of hydrogen-bond donors (Lipinski definition) is 1. The highest BCUT2D eigenvalue weighted by atomic mass is 16.5. The van der Waals surface area contributed by atoms with Gasteiger partial charge in [0.15, 0.2) is 0 Å². The molecule has 2 atom stereocenters.